The van der Waals surface area contributed by atoms with Gasteiger partial charge >= 0.3 is 0 Å². The van der Waals surface area contributed by atoms with E-state index in [1.807, 2.05) is 6.07 Å². The van der Waals surface area contributed by atoms with E-state index in [0.717, 1.165) is 0 Å². The van der Waals surface area contributed by atoms with Gasteiger partial charge in [-0.2, -0.15) is 5.26 Å². The monoisotopic (exact) mass is 265 g/mol. The van der Waals surface area contributed by atoms with Gasteiger partial charge in [0.25, 0.3) is 0 Å². The van der Waals surface area contributed by atoms with E-state index < -0.39 is 10.0 Å². The zero-order chi connectivity index (χ0) is 13.4. The molecule has 0 aliphatic heterocycles. The molecule has 0 saturated heterocycles. The van der Waals surface area contributed by atoms with Crippen molar-refractivity contribution in [2.75, 3.05) is 13.1 Å². The highest BCUT2D eigenvalue weighted by Crippen LogP contribution is 2.10. The van der Waals surface area contributed by atoms with Crippen molar-refractivity contribution in [1.29, 1.82) is 5.26 Å². The van der Waals surface area contributed by atoms with Crippen LogP contribution in [-0.2, 0) is 10.0 Å². The lowest BCUT2D eigenvalue weighted by Gasteiger charge is -2.05. The first kappa shape index (κ1) is 14.0. The summed E-state index contributed by atoms with van der Waals surface area (Å²) in [6.45, 7) is 0.412. The van der Waals surface area contributed by atoms with Crippen LogP contribution in [0.5, 0.6) is 0 Å². The Morgan fingerprint density at radius 3 is 2.94 bits per heavy atom. The summed E-state index contributed by atoms with van der Waals surface area (Å²) in [5, 5.41) is 12.0. The molecule has 0 radical (unpaired) electrons. The number of sulfonamides is 1. The van der Waals surface area contributed by atoms with Crippen molar-refractivity contribution in [2.24, 2.45) is 5.11 Å². The maximum Gasteiger partial charge on any atom is 0.240 e. The molecule has 0 saturated carbocycles. The predicted octanol–water partition coefficient (Wildman–Crippen LogP) is 1.54. The van der Waals surface area contributed by atoms with E-state index in [1.54, 1.807) is 0 Å². The maximum absolute atomic E-state index is 11.8. The summed E-state index contributed by atoms with van der Waals surface area (Å²) >= 11 is 0. The smallest absolute Gasteiger partial charge is 0.211 e. The topological polar surface area (TPSA) is 119 Å². The molecule has 0 aliphatic rings. The molecule has 0 heterocycles. The molecule has 1 N–H and O–H groups in total. The van der Waals surface area contributed by atoms with Crippen LogP contribution in [0.1, 0.15) is 12.0 Å². The standard InChI is InChI=1S/C10H11N5O2S/c11-8-9-3-1-4-10(7-9)18(16,17)14-6-2-5-13-15-12/h1,3-4,7,14H,2,5-6H2. The number of nitrogens with one attached hydrogen (secondary N) is 1. The Labute approximate surface area is 105 Å². The van der Waals surface area contributed by atoms with Crippen LogP contribution < -0.4 is 4.72 Å². The Kier molecular flexibility index (Phi) is 5.14. The van der Waals surface area contributed by atoms with Crippen molar-refractivity contribution in [3.63, 3.8) is 0 Å². The molecule has 7 nitrogen and oxygen atoms in total. The average molecular weight is 265 g/mol. The van der Waals surface area contributed by atoms with Gasteiger partial charge in [0, 0.05) is 18.0 Å². The highest BCUT2D eigenvalue weighted by Gasteiger charge is 2.13. The lowest BCUT2D eigenvalue weighted by atomic mass is 10.2. The van der Waals surface area contributed by atoms with Crippen molar-refractivity contribution in [3.05, 3.63) is 40.3 Å². The number of nitrogens with zero attached hydrogens (tertiary/aromatic N) is 4. The fraction of sp³-hybridized carbons (Fsp3) is 0.300. The lowest BCUT2D eigenvalue weighted by Crippen LogP contribution is -2.25. The van der Waals surface area contributed by atoms with E-state index in [2.05, 4.69) is 14.7 Å². The van der Waals surface area contributed by atoms with Gasteiger partial charge in [-0.15, -0.1) is 0 Å². The summed E-state index contributed by atoms with van der Waals surface area (Å²) in [7, 11) is -3.62. The molecule has 1 rings (SSSR count). The van der Waals surface area contributed by atoms with Gasteiger partial charge in [0.2, 0.25) is 10.0 Å². The molecule has 0 unspecified atom stereocenters. The minimum absolute atomic E-state index is 0.0466. The summed E-state index contributed by atoms with van der Waals surface area (Å²) in [5.41, 5.74) is 8.33. The Hall–Kier alpha value is -2.07. The Balaban J connectivity index is 2.68. The lowest BCUT2D eigenvalue weighted by molar-refractivity contribution is 0.579. The van der Waals surface area contributed by atoms with E-state index in [9.17, 15) is 8.42 Å². The number of azide groups is 1. The second kappa shape index (κ2) is 6.61. The summed E-state index contributed by atoms with van der Waals surface area (Å²) in [4.78, 5) is 2.61. The Morgan fingerprint density at radius 2 is 2.28 bits per heavy atom. The number of rotatable bonds is 6. The molecule has 0 bridgehead atoms. The van der Waals surface area contributed by atoms with Crippen LogP contribution in [0.15, 0.2) is 34.3 Å². The molecule has 0 aliphatic carbocycles. The molecule has 0 fully saturated rings. The van der Waals surface area contributed by atoms with Crippen molar-refractivity contribution in [1.82, 2.24) is 4.72 Å². The van der Waals surface area contributed by atoms with Gasteiger partial charge in [0.1, 0.15) is 0 Å². The molecular formula is C10H11N5O2S. The minimum Gasteiger partial charge on any atom is -0.211 e. The summed E-state index contributed by atoms with van der Waals surface area (Å²) in [5.74, 6) is 0. The summed E-state index contributed by atoms with van der Waals surface area (Å²) in [6.07, 6.45) is 0.418. The fourth-order valence-electron chi connectivity index (χ4n) is 1.22. The van der Waals surface area contributed by atoms with Gasteiger partial charge in [-0.1, -0.05) is 11.2 Å². The number of hydrogen-bond acceptors (Lipinski definition) is 4. The number of nitriles is 1. The quantitative estimate of drug-likeness (QED) is 0.363. The molecule has 0 atom stereocenters. The van der Waals surface area contributed by atoms with E-state index in [-0.39, 0.29) is 23.5 Å². The van der Waals surface area contributed by atoms with Crippen molar-refractivity contribution >= 4 is 10.0 Å². The molecule has 0 amide bonds. The van der Waals surface area contributed by atoms with Crippen LogP contribution >= 0.6 is 0 Å². The number of benzene rings is 1. The average Bonchev–Trinajstić information content (AvgIpc) is 2.38. The Bertz CT molecular complexity index is 599. The molecule has 1 aromatic rings. The van der Waals surface area contributed by atoms with Gasteiger partial charge in [0.15, 0.2) is 0 Å². The van der Waals surface area contributed by atoms with Crippen LogP contribution in [0.25, 0.3) is 10.4 Å². The Morgan fingerprint density at radius 1 is 1.50 bits per heavy atom. The van der Waals surface area contributed by atoms with Gasteiger partial charge in [-0.25, -0.2) is 13.1 Å². The fourth-order valence-corrected chi connectivity index (χ4v) is 2.34. The second-order valence-corrected chi connectivity index (χ2v) is 5.11. The molecule has 0 spiro atoms. The molecule has 1 aromatic carbocycles. The van der Waals surface area contributed by atoms with Crippen LogP contribution in [0.4, 0.5) is 0 Å². The van der Waals surface area contributed by atoms with Crippen molar-refractivity contribution in [3.8, 4) is 6.07 Å². The predicted molar refractivity (Wildman–Crippen MR) is 65.0 cm³/mol. The SMILES string of the molecule is N#Cc1cccc(S(=O)(=O)NCCCN=[N+]=[N-])c1. The maximum atomic E-state index is 11.8. The molecular weight excluding hydrogens is 254 g/mol. The minimum atomic E-state index is -3.62. The van der Waals surface area contributed by atoms with Gasteiger partial charge in [-0.3, -0.25) is 0 Å². The van der Waals surface area contributed by atoms with Gasteiger partial charge in [-0.05, 0) is 30.2 Å². The first-order valence-corrected chi connectivity index (χ1v) is 6.59. The third-order valence-electron chi connectivity index (χ3n) is 2.06. The van der Waals surface area contributed by atoms with Crippen LogP contribution in [0, 0.1) is 11.3 Å². The summed E-state index contributed by atoms with van der Waals surface area (Å²) < 4.78 is 26.0. The third-order valence-corrected chi connectivity index (χ3v) is 3.52. The molecule has 18 heavy (non-hydrogen) atoms. The van der Waals surface area contributed by atoms with E-state index in [4.69, 9.17) is 10.8 Å². The van der Waals surface area contributed by atoms with Crippen LogP contribution in [0.3, 0.4) is 0 Å². The third kappa shape index (κ3) is 4.07. The normalized spacial score (nSPS) is 10.4. The first-order valence-electron chi connectivity index (χ1n) is 5.11. The van der Waals surface area contributed by atoms with Gasteiger partial charge < -0.3 is 0 Å². The van der Waals surface area contributed by atoms with Crippen molar-refractivity contribution < 1.29 is 8.42 Å². The zero-order valence-corrected chi connectivity index (χ0v) is 10.3. The molecule has 94 valence electrons. The molecule has 0 aromatic heterocycles. The van der Waals surface area contributed by atoms with E-state index >= 15 is 0 Å². The summed E-state index contributed by atoms with van der Waals surface area (Å²) in [6, 6.07) is 7.63. The zero-order valence-electron chi connectivity index (χ0n) is 9.44. The van der Waals surface area contributed by atoms with Crippen molar-refractivity contribution in [2.45, 2.75) is 11.3 Å². The first-order chi connectivity index (χ1) is 8.60. The highest BCUT2D eigenvalue weighted by molar-refractivity contribution is 7.89. The second-order valence-electron chi connectivity index (χ2n) is 3.35. The van der Waals surface area contributed by atoms with Crippen LogP contribution in [0.2, 0.25) is 0 Å². The highest BCUT2D eigenvalue weighted by atomic mass is 32.2. The number of hydrogen-bond donors (Lipinski definition) is 1. The van der Waals surface area contributed by atoms with E-state index in [0.29, 0.717) is 6.42 Å². The largest absolute Gasteiger partial charge is 0.240 e. The van der Waals surface area contributed by atoms with Gasteiger partial charge in [0.05, 0.1) is 16.5 Å². The molecule has 8 heteroatoms. The van der Waals surface area contributed by atoms with E-state index in [1.165, 1.54) is 24.3 Å². The van der Waals surface area contributed by atoms with Crippen LogP contribution in [-0.4, -0.2) is 21.5 Å².